The van der Waals surface area contributed by atoms with Crippen molar-refractivity contribution in [3.8, 4) is 5.75 Å². The maximum atomic E-state index is 12.3. The summed E-state index contributed by atoms with van der Waals surface area (Å²) in [6.45, 7) is 0. The smallest absolute Gasteiger partial charge is 0.242 e. The van der Waals surface area contributed by atoms with Gasteiger partial charge in [-0.25, -0.2) is 12.7 Å². The van der Waals surface area contributed by atoms with Gasteiger partial charge in [0.05, 0.1) is 12.0 Å². The molecule has 1 aromatic carbocycles. The Morgan fingerprint density at radius 3 is 2.65 bits per heavy atom. The van der Waals surface area contributed by atoms with E-state index < -0.39 is 10.0 Å². The zero-order valence-electron chi connectivity index (χ0n) is 14.8. The number of rotatable bonds is 8. The number of methoxy groups -OCH3 is 1. The predicted molar refractivity (Wildman–Crippen MR) is 103 cm³/mol. The first kappa shape index (κ1) is 20.6. The van der Waals surface area contributed by atoms with Gasteiger partial charge in [-0.3, -0.25) is 4.79 Å². The van der Waals surface area contributed by atoms with Crippen molar-refractivity contribution < 1.29 is 17.9 Å². The van der Waals surface area contributed by atoms with E-state index >= 15 is 0 Å². The van der Waals surface area contributed by atoms with Crippen LogP contribution in [0.15, 0.2) is 27.4 Å². The molecular formula is C15H20N4O4S3. The number of nitrogens with zero attached hydrogens (tertiary/aromatic N) is 3. The van der Waals surface area contributed by atoms with E-state index in [9.17, 15) is 13.2 Å². The van der Waals surface area contributed by atoms with Crippen LogP contribution in [-0.4, -0.2) is 56.3 Å². The van der Waals surface area contributed by atoms with Gasteiger partial charge in [0, 0.05) is 20.5 Å². The molecule has 0 saturated heterocycles. The van der Waals surface area contributed by atoms with Gasteiger partial charge in [-0.1, -0.05) is 23.1 Å². The van der Waals surface area contributed by atoms with E-state index in [1.807, 2.05) is 6.26 Å². The van der Waals surface area contributed by atoms with Gasteiger partial charge in [0.15, 0.2) is 4.34 Å². The quantitative estimate of drug-likeness (QED) is 0.519. The monoisotopic (exact) mass is 416 g/mol. The lowest BCUT2D eigenvalue weighted by Gasteiger charge is -2.14. The molecule has 0 bridgehead atoms. The molecule has 1 heterocycles. The number of anilines is 1. The van der Waals surface area contributed by atoms with Crippen molar-refractivity contribution in [3.63, 3.8) is 0 Å². The van der Waals surface area contributed by atoms with Crippen molar-refractivity contribution in [1.82, 2.24) is 14.5 Å². The number of thioether (sulfide) groups is 1. The lowest BCUT2D eigenvalue weighted by Crippen LogP contribution is -2.22. The van der Waals surface area contributed by atoms with Crippen LogP contribution in [0.2, 0.25) is 0 Å². The maximum Gasteiger partial charge on any atom is 0.242 e. The zero-order valence-corrected chi connectivity index (χ0v) is 17.3. The second-order valence-corrected chi connectivity index (χ2v) is 9.57. The molecule has 11 heteroatoms. The molecule has 0 fully saturated rings. The van der Waals surface area contributed by atoms with Crippen molar-refractivity contribution in [2.75, 3.05) is 32.8 Å². The van der Waals surface area contributed by atoms with Gasteiger partial charge in [-0.2, -0.15) is 0 Å². The summed E-state index contributed by atoms with van der Waals surface area (Å²) in [5.74, 6) is 0.313. The minimum Gasteiger partial charge on any atom is -0.496 e. The molecule has 0 aliphatic rings. The van der Waals surface area contributed by atoms with Gasteiger partial charge in [0.2, 0.25) is 21.1 Å². The number of aromatic nitrogens is 2. The highest BCUT2D eigenvalue weighted by atomic mass is 32.2. The number of hydrogen-bond acceptors (Lipinski definition) is 8. The van der Waals surface area contributed by atoms with Crippen LogP contribution in [0.5, 0.6) is 5.75 Å². The molecule has 1 amide bonds. The minimum atomic E-state index is -3.55. The number of benzene rings is 1. The number of amides is 1. The van der Waals surface area contributed by atoms with Crippen LogP contribution < -0.4 is 10.1 Å². The Hall–Kier alpha value is -1.69. The van der Waals surface area contributed by atoms with Crippen LogP contribution in [0, 0.1) is 0 Å². The number of carbonyl (C=O) groups excluding carboxylic acids is 1. The number of hydrogen-bond donors (Lipinski definition) is 1. The van der Waals surface area contributed by atoms with Crippen molar-refractivity contribution >= 4 is 44.2 Å². The Labute approximate surface area is 161 Å². The van der Waals surface area contributed by atoms with Crippen molar-refractivity contribution in [3.05, 3.63) is 23.8 Å². The molecule has 0 unspecified atom stereocenters. The minimum absolute atomic E-state index is 0.160. The molecule has 1 N–H and O–H groups in total. The number of sulfonamides is 1. The van der Waals surface area contributed by atoms with Gasteiger partial charge in [0.1, 0.15) is 5.75 Å². The molecule has 0 atom stereocenters. The Kier molecular flexibility index (Phi) is 6.98. The number of nitrogens with one attached hydrogen (secondary N) is 1. The Bertz CT molecular complexity index is 881. The fourth-order valence-electron chi connectivity index (χ4n) is 2.09. The van der Waals surface area contributed by atoms with Crippen LogP contribution >= 0.6 is 23.1 Å². The van der Waals surface area contributed by atoms with Crippen molar-refractivity contribution in [2.24, 2.45) is 0 Å². The Morgan fingerprint density at radius 2 is 2.08 bits per heavy atom. The summed E-state index contributed by atoms with van der Waals surface area (Å²) < 4.78 is 31.8. The molecule has 0 aliphatic carbocycles. The second-order valence-electron chi connectivity index (χ2n) is 5.39. The zero-order chi connectivity index (χ0) is 19.3. The van der Waals surface area contributed by atoms with E-state index in [0.29, 0.717) is 22.9 Å². The molecule has 26 heavy (non-hydrogen) atoms. The number of ether oxygens (including phenoxy) is 1. The molecule has 8 nitrogen and oxygen atoms in total. The van der Waals surface area contributed by atoms with Crippen LogP contribution in [0.1, 0.15) is 12.0 Å². The van der Waals surface area contributed by atoms with Crippen LogP contribution in [0.4, 0.5) is 5.13 Å². The van der Waals surface area contributed by atoms with Crippen LogP contribution in [0.3, 0.4) is 0 Å². The molecule has 2 rings (SSSR count). The topological polar surface area (TPSA) is 101 Å². The molecular weight excluding hydrogens is 396 g/mol. The first-order chi connectivity index (χ1) is 12.3. The third-order valence-electron chi connectivity index (χ3n) is 3.48. The summed E-state index contributed by atoms with van der Waals surface area (Å²) in [5.41, 5.74) is 0.646. The summed E-state index contributed by atoms with van der Waals surface area (Å²) in [6.07, 6.45) is 2.38. The fraction of sp³-hybridized carbons (Fsp3) is 0.400. The van der Waals surface area contributed by atoms with Gasteiger partial charge in [0.25, 0.3) is 0 Å². The SMILES string of the molecule is COc1ccc(S(=O)(=O)N(C)C)cc1CCC(=O)Nc1nnc(SC)s1. The molecule has 0 spiro atoms. The summed E-state index contributed by atoms with van der Waals surface area (Å²) in [7, 11) is 0.890. The average Bonchev–Trinajstić information content (AvgIpc) is 3.07. The highest BCUT2D eigenvalue weighted by Gasteiger charge is 2.19. The van der Waals surface area contributed by atoms with Crippen LogP contribution in [-0.2, 0) is 21.2 Å². The highest BCUT2D eigenvalue weighted by molar-refractivity contribution is 8.00. The Morgan fingerprint density at radius 1 is 1.35 bits per heavy atom. The van der Waals surface area contributed by atoms with Gasteiger partial charge >= 0.3 is 0 Å². The molecule has 0 saturated carbocycles. The summed E-state index contributed by atoms with van der Waals surface area (Å²) in [4.78, 5) is 12.3. The molecule has 0 radical (unpaired) electrons. The number of carbonyl (C=O) groups is 1. The van der Waals surface area contributed by atoms with Gasteiger partial charge in [-0.05, 0) is 36.4 Å². The van der Waals surface area contributed by atoms with E-state index in [0.717, 1.165) is 8.64 Å². The number of aryl methyl sites for hydroxylation is 1. The molecule has 142 valence electrons. The third kappa shape index (κ3) is 4.93. The lowest BCUT2D eigenvalue weighted by molar-refractivity contribution is -0.116. The van der Waals surface area contributed by atoms with Crippen molar-refractivity contribution in [1.29, 1.82) is 0 Å². The highest BCUT2D eigenvalue weighted by Crippen LogP contribution is 2.26. The van der Waals surface area contributed by atoms with Crippen molar-refractivity contribution in [2.45, 2.75) is 22.1 Å². The maximum absolute atomic E-state index is 12.3. The lowest BCUT2D eigenvalue weighted by atomic mass is 10.1. The van der Waals surface area contributed by atoms with Gasteiger partial charge in [-0.15, -0.1) is 10.2 Å². The van der Waals surface area contributed by atoms with E-state index in [1.165, 1.54) is 56.4 Å². The largest absolute Gasteiger partial charge is 0.496 e. The van der Waals surface area contributed by atoms with E-state index in [-0.39, 0.29) is 17.2 Å². The van der Waals surface area contributed by atoms with Crippen LogP contribution in [0.25, 0.3) is 0 Å². The fourth-order valence-corrected chi connectivity index (χ4v) is 4.23. The van der Waals surface area contributed by atoms with E-state index in [4.69, 9.17) is 4.74 Å². The molecule has 0 aliphatic heterocycles. The normalized spacial score (nSPS) is 11.6. The average molecular weight is 417 g/mol. The predicted octanol–water partition coefficient (Wildman–Crippen LogP) is 2.09. The third-order valence-corrected chi connectivity index (χ3v) is 7.10. The van der Waals surface area contributed by atoms with Gasteiger partial charge < -0.3 is 10.1 Å². The second kappa shape index (κ2) is 8.80. The summed E-state index contributed by atoms with van der Waals surface area (Å²) in [5, 5.41) is 10.9. The van der Waals surface area contributed by atoms with E-state index in [1.54, 1.807) is 6.07 Å². The molecule has 2 aromatic rings. The Balaban J connectivity index is 2.11. The molecule has 1 aromatic heterocycles. The summed E-state index contributed by atoms with van der Waals surface area (Å²) >= 11 is 2.75. The first-order valence-corrected chi connectivity index (χ1v) is 11.0. The standard InChI is InChI=1S/C15H20N4O4S3/c1-19(2)26(21,22)11-6-7-12(23-3)10(9-11)5-8-13(20)16-14-17-18-15(24-4)25-14/h6-7,9H,5,8H2,1-4H3,(H,16,17,20). The van der Waals surface area contributed by atoms with E-state index in [2.05, 4.69) is 15.5 Å². The summed E-state index contributed by atoms with van der Waals surface area (Å²) in [6, 6.07) is 4.63. The first-order valence-electron chi connectivity index (χ1n) is 7.54.